The minimum absolute atomic E-state index is 0.157. The summed E-state index contributed by atoms with van der Waals surface area (Å²) in [4.78, 5) is 24.0. The van der Waals surface area contributed by atoms with E-state index >= 15 is 0 Å². The summed E-state index contributed by atoms with van der Waals surface area (Å²) in [7, 11) is -3.28. The number of carbonyl (C=O) groups excluding carboxylic acids is 1. The molecule has 0 aromatic carbocycles. The fourth-order valence-corrected chi connectivity index (χ4v) is 2.42. The zero-order chi connectivity index (χ0) is 14.6. The number of nitrogens with one attached hydrogen (secondary N) is 1. The quantitative estimate of drug-likeness (QED) is 0.576. The van der Waals surface area contributed by atoms with Crippen LogP contribution in [0.3, 0.4) is 0 Å². The van der Waals surface area contributed by atoms with Crippen LogP contribution in [0.4, 0.5) is 4.79 Å². The fourth-order valence-electron chi connectivity index (χ4n) is 1.76. The van der Waals surface area contributed by atoms with Gasteiger partial charge in [0.1, 0.15) is 15.9 Å². The van der Waals surface area contributed by atoms with Crippen LogP contribution < -0.4 is 5.32 Å². The Bertz CT molecular complexity index is 449. The number of sulfone groups is 1. The van der Waals surface area contributed by atoms with Crippen LogP contribution in [0.5, 0.6) is 0 Å². The van der Waals surface area contributed by atoms with Gasteiger partial charge in [-0.15, -0.1) is 0 Å². The molecule has 2 atom stereocenters. The van der Waals surface area contributed by atoms with Crippen molar-refractivity contribution in [3.8, 4) is 0 Å². The predicted molar refractivity (Wildman–Crippen MR) is 66.5 cm³/mol. The molecule has 0 aromatic rings. The van der Waals surface area contributed by atoms with E-state index in [0.717, 1.165) is 6.26 Å². The van der Waals surface area contributed by atoms with Crippen LogP contribution in [0.15, 0.2) is 0 Å². The smallest absolute Gasteiger partial charge is 0.326 e. The molecule has 19 heavy (non-hydrogen) atoms. The van der Waals surface area contributed by atoms with E-state index in [1.807, 2.05) is 0 Å². The van der Waals surface area contributed by atoms with Crippen LogP contribution in [-0.2, 0) is 14.6 Å². The Morgan fingerprint density at radius 3 is 2.53 bits per heavy atom. The van der Waals surface area contributed by atoms with Gasteiger partial charge in [-0.2, -0.15) is 0 Å². The second-order valence-corrected chi connectivity index (χ2v) is 6.91. The topological polar surface area (TPSA) is 124 Å². The van der Waals surface area contributed by atoms with Crippen LogP contribution in [0, 0.1) is 0 Å². The predicted octanol–water partition coefficient (Wildman–Crippen LogP) is -1.35. The number of aliphatic hydroxyl groups excluding tert-OH is 1. The van der Waals surface area contributed by atoms with Gasteiger partial charge in [-0.1, -0.05) is 0 Å². The Morgan fingerprint density at radius 1 is 1.47 bits per heavy atom. The molecule has 2 unspecified atom stereocenters. The summed E-state index contributed by atoms with van der Waals surface area (Å²) in [6.45, 7) is 0.510. The molecule has 0 aromatic heterocycles. The third-order valence-corrected chi connectivity index (χ3v) is 3.80. The van der Waals surface area contributed by atoms with Crippen LogP contribution in [0.25, 0.3) is 0 Å². The standard InChI is InChI=1S/C10H18N2O6S/c1-19(17,18)5-3-8(9(14)15)11-10(16)12-4-2-7(13)6-12/h7-8,13H,2-6H2,1H3,(H,11,16)(H,14,15). The first-order valence-electron chi connectivity index (χ1n) is 5.83. The van der Waals surface area contributed by atoms with Crippen molar-refractivity contribution in [2.24, 2.45) is 0 Å². The first kappa shape index (κ1) is 15.7. The molecule has 0 bridgehead atoms. The molecule has 1 fully saturated rings. The van der Waals surface area contributed by atoms with Gasteiger partial charge in [-0.05, 0) is 12.8 Å². The minimum atomic E-state index is -3.28. The summed E-state index contributed by atoms with van der Waals surface area (Å²) in [6.07, 6.45) is 0.681. The highest BCUT2D eigenvalue weighted by Gasteiger charge is 2.28. The maximum Gasteiger partial charge on any atom is 0.326 e. The Morgan fingerprint density at radius 2 is 2.11 bits per heavy atom. The monoisotopic (exact) mass is 294 g/mol. The molecule has 0 spiro atoms. The number of amides is 2. The van der Waals surface area contributed by atoms with Gasteiger partial charge in [0, 0.05) is 19.3 Å². The minimum Gasteiger partial charge on any atom is -0.480 e. The van der Waals surface area contributed by atoms with E-state index in [1.165, 1.54) is 4.90 Å². The number of hydrogen-bond acceptors (Lipinski definition) is 5. The van der Waals surface area contributed by atoms with Crippen LogP contribution in [0.1, 0.15) is 12.8 Å². The number of nitrogens with zero attached hydrogens (tertiary/aromatic N) is 1. The van der Waals surface area contributed by atoms with E-state index in [1.54, 1.807) is 0 Å². The number of hydrogen-bond donors (Lipinski definition) is 3. The molecule has 1 aliphatic heterocycles. The van der Waals surface area contributed by atoms with E-state index in [4.69, 9.17) is 5.11 Å². The maximum atomic E-state index is 11.7. The molecule has 3 N–H and O–H groups in total. The Balaban J connectivity index is 2.54. The van der Waals surface area contributed by atoms with Crippen LogP contribution in [-0.4, -0.2) is 72.8 Å². The summed E-state index contributed by atoms with van der Waals surface area (Å²) in [5, 5.41) is 20.5. The van der Waals surface area contributed by atoms with Crippen LogP contribution >= 0.6 is 0 Å². The van der Waals surface area contributed by atoms with Gasteiger partial charge in [0.15, 0.2) is 0 Å². The average Bonchev–Trinajstić information content (AvgIpc) is 2.69. The third-order valence-electron chi connectivity index (χ3n) is 2.82. The fraction of sp³-hybridized carbons (Fsp3) is 0.800. The van der Waals surface area contributed by atoms with E-state index in [0.29, 0.717) is 13.0 Å². The number of likely N-dealkylation sites (tertiary alicyclic amines) is 1. The first-order chi connectivity index (χ1) is 8.69. The lowest BCUT2D eigenvalue weighted by Crippen LogP contribution is -2.48. The van der Waals surface area contributed by atoms with E-state index in [2.05, 4.69) is 5.32 Å². The van der Waals surface area contributed by atoms with Crippen molar-refractivity contribution in [2.45, 2.75) is 25.0 Å². The van der Waals surface area contributed by atoms with Crippen molar-refractivity contribution in [1.29, 1.82) is 0 Å². The second-order valence-electron chi connectivity index (χ2n) is 4.65. The molecular weight excluding hydrogens is 276 g/mol. The summed E-state index contributed by atoms with van der Waals surface area (Å²) >= 11 is 0. The third kappa shape index (κ3) is 5.43. The molecule has 110 valence electrons. The van der Waals surface area contributed by atoms with Crippen molar-refractivity contribution < 1.29 is 28.2 Å². The van der Waals surface area contributed by atoms with Crippen molar-refractivity contribution >= 4 is 21.8 Å². The Hall–Kier alpha value is -1.35. The Kier molecular flexibility index (Phi) is 5.12. The van der Waals surface area contributed by atoms with Crippen molar-refractivity contribution in [3.63, 3.8) is 0 Å². The van der Waals surface area contributed by atoms with E-state index in [9.17, 15) is 23.1 Å². The molecule has 2 amide bonds. The molecule has 0 radical (unpaired) electrons. The van der Waals surface area contributed by atoms with Crippen molar-refractivity contribution in [2.75, 3.05) is 25.1 Å². The number of urea groups is 1. The molecule has 1 aliphatic rings. The Labute approximate surface area is 111 Å². The number of aliphatic hydroxyl groups is 1. The summed E-state index contributed by atoms with van der Waals surface area (Å²) in [5.74, 6) is -1.59. The summed E-state index contributed by atoms with van der Waals surface area (Å²) < 4.78 is 22.0. The van der Waals surface area contributed by atoms with Crippen molar-refractivity contribution in [3.05, 3.63) is 0 Å². The second kappa shape index (κ2) is 6.20. The number of aliphatic carboxylic acids is 1. The first-order valence-corrected chi connectivity index (χ1v) is 7.89. The number of carboxylic acids is 1. The van der Waals surface area contributed by atoms with Crippen LogP contribution in [0.2, 0.25) is 0 Å². The highest BCUT2D eigenvalue weighted by Crippen LogP contribution is 2.09. The zero-order valence-electron chi connectivity index (χ0n) is 10.6. The van der Waals surface area contributed by atoms with Gasteiger partial charge in [-0.25, -0.2) is 18.0 Å². The number of β-amino-alcohol motifs (C(OH)–C–C–N with tert-alkyl or cyclic N) is 1. The molecule has 1 heterocycles. The van der Waals surface area contributed by atoms with Gasteiger partial charge in [-0.3, -0.25) is 0 Å². The molecule has 0 saturated carbocycles. The number of carbonyl (C=O) groups is 2. The highest BCUT2D eigenvalue weighted by molar-refractivity contribution is 7.90. The van der Waals surface area contributed by atoms with Gasteiger partial charge in [0.05, 0.1) is 11.9 Å². The highest BCUT2D eigenvalue weighted by atomic mass is 32.2. The van der Waals surface area contributed by atoms with Gasteiger partial charge >= 0.3 is 12.0 Å². The molecular formula is C10H18N2O6S. The number of rotatable bonds is 5. The maximum absolute atomic E-state index is 11.7. The average molecular weight is 294 g/mol. The van der Waals surface area contributed by atoms with Gasteiger partial charge in [0.2, 0.25) is 0 Å². The molecule has 9 heteroatoms. The lowest BCUT2D eigenvalue weighted by atomic mass is 10.2. The zero-order valence-corrected chi connectivity index (χ0v) is 11.4. The van der Waals surface area contributed by atoms with Gasteiger partial charge < -0.3 is 20.4 Å². The van der Waals surface area contributed by atoms with Gasteiger partial charge in [0.25, 0.3) is 0 Å². The molecule has 1 rings (SSSR count). The largest absolute Gasteiger partial charge is 0.480 e. The van der Waals surface area contributed by atoms with E-state index in [-0.39, 0.29) is 18.7 Å². The lowest BCUT2D eigenvalue weighted by molar-refractivity contribution is -0.139. The SMILES string of the molecule is CS(=O)(=O)CCC(NC(=O)N1CCC(O)C1)C(=O)O. The molecule has 0 aliphatic carbocycles. The summed E-state index contributed by atoms with van der Waals surface area (Å²) in [6, 6.07) is -1.85. The number of carboxylic acid groups (broad SMARTS) is 1. The van der Waals surface area contributed by atoms with E-state index < -0.39 is 34.0 Å². The normalized spacial score (nSPS) is 21.2. The van der Waals surface area contributed by atoms with Crippen molar-refractivity contribution in [1.82, 2.24) is 10.2 Å². The molecule has 1 saturated heterocycles. The molecule has 8 nitrogen and oxygen atoms in total. The lowest BCUT2D eigenvalue weighted by Gasteiger charge is -2.20. The summed E-state index contributed by atoms with van der Waals surface area (Å²) in [5.41, 5.74) is 0.